The van der Waals surface area contributed by atoms with Crippen molar-refractivity contribution in [2.75, 3.05) is 30.5 Å². The summed E-state index contributed by atoms with van der Waals surface area (Å²) >= 11 is 3.21. The van der Waals surface area contributed by atoms with E-state index in [0.29, 0.717) is 27.8 Å². The summed E-state index contributed by atoms with van der Waals surface area (Å²) in [7, 11) is 0. The molecule has 0 saturated heterocycles. The largest absolute Gasteiger partial charge is 0.494 e. The van der Waals surface area contributed by atoms with Crippen molar-refractivity contribution in [1.82, 2.24) is 10.2 Å². The Labute approximate surface area is 237 Å². The summed E-state index contributed by atoms with van der Waals surface area (Å²) in [6.45, 7) is 9.33. The third-order valence-electron chi connectivity index (χ3n) is 5.03. The fourth-order valence-electron chi connectivity index (χ4n) is 3.21. The minimum absolute atomic E-state index is 0.116. The Balaban J connectivity index is 1.67. The summed E-state index contributed by atoms with van der Waals surface area (Å²) in [5, 5.41) is 13.3. The van der Waals surface area contributed by atoms with Crippen LogP contribution in [0.25, 0.3) is 0 Å². The van der Waals surface area contributed by atoms with E-state index in [4.69, 9.17) is 14.2 Å². The van der Waals surface area contributed by atoms with Gasteiger partial charge in [0.15, 0.2) is 4.34 Å². The summed E-state index contributed by atoms with van der Waals surface area (Å²) in [5.41, 5.74) is 0.927. The zero-order valence-electron chi connectivity index (χ0n) is 22.0. The number of carbonyl (C=O) groups excluding carboxylic acids is 4. The number of nitrogens with zero attached hydrogens (tertiary/aromatic N) is 2. The molecule has 0 aliphatic heterocycles. The topological polar surface area (TPSA) is 146 Å². The van der Waals surface area contributed by atoms with Gasteiger partial charge in [-0.2, -0.15) is 0 Å². The Morgan fingerprint density at radius 1 is 0.923 bits per heavy atom. The molecule has 0 aliphatic rings. The van der Waals surface area contributed by atoms with Crippen molar-refractivity contribution >= 4 is 68.3 Å². The maximum absolute atomic E-state index is 13.0. The highest BCUT2D eigenvalue weighted by atomic mass is 32.2. The molecule has 3 rings (SSSR count). The first kappa shape index (κ1) is 30.1. The number of hydrogen-bond donors (Lipinski definition) is 2. The number of thioether (sulfide) groups is 1. The van der Waals surface area contributed by atoms with Gasteiger partial charge in [-0.1, -0.05) is 23.1 Å². The van der Waals surface area contributed by atoms with Crippen molar-refractivity contribution in [2.45, 2.75) is 44.2 Å². The van der Waals surface area contributed by atoms with E-state index in [1.807, 2.05) is 6.92 Å². The number of esters is 2. The van der Waals surface area contributed by atoms with E-state index in [0.717, 1.165) is 34.4 Å². The average Bonchev–Trinajstić information content (AvgIpc) is 3.48. The van der Waals surface area contributed by atoms with Crippen LogP contribution in [0.15, 0.2) is 28.6 Å². The molecule has 0 aliphatic carbocycles. The van der Waals surface area contributed by atoms with E-state index >= 15 is 0 Å². The highest BCUT2D eigenvalue weighted by Crippen LogP contribution is 2.36. The van der Waals surface area contributed by atoms with E-state index in [1.165, 1.54) is 0 Å². The van der Waals surface area contributed by atoms with Gasteiger partial charge in [0.05, 0.1) is 30.6 Å². The monoisotopic (exact) mass is 592 g/mol. The maximum atomic E-state index is 13.0. The summed E-state index contributed by atoms with van der Waals surface area (Å²) in [6.07, 6.45) is 0. The van der Waals surface area contributed by atoms with Crippen molar-refractivity contribution in [1.29, 1.82) is 0 Å². The first-order valence-electron chi connectivity index (χ1n) is 12.0. The Hall–Kier alpha value is -3.49. The number of thiophene rings is 1. The highest BCUT2D eigenvalue weighted by Gasteiger charge is 2.28. The zero-order chi connectivity index (χ0) is 28.5. The SMILES string of the molecule is CCOC(=O)c1sc(NC(=O)C(C)Sc2nnc(NC(=O)c3ccc(OCC)cc3)s2)c(C(=O)OCC)c1C. The number of amides is 2. The highest BCUT2D eigenvalue weighted by molar-refractivity contribution is 8.02. The van der Waals surface area contributed by atoms with Gasteiger partial charge in [-0.15, -0.1) is 21.5 Å². The quantitative estimate of drug-likeness (QED) is 0.167. The third kappa shape index (κ3) is 7.77. The van der Waals surface area contributed by atoms with Crippen LogP contribution in [-0.2, 0) is 14.3 Å². The lowest BCUT2D eigenvalue weighted by Gasteiger charge is -2.10. The van der Waals surface area contributed by atoms with Crippen LogP contribution in [0.2, 0.25) is 0 Å². The second-order valence-electron chi connectivity index (χ2n) is 7.74. The van der Waals surface area contributed by atoms with Crippen LogP contribution in [-0.4, -0.2) is 59.0 Å². The fourth-order valence-corrected chi connectivity index (χ4v) is 6.19. The molecule has 2 amide bonds. The molecule has 3 aromatic rings. The number of carbonyl (C=O) groups is 4. The number of aromatic nitrogens is 2. The number of ether oxygens (including phenoxy) is 3. The second kappa shape index (κ2) is 14.1. The third-order valence-corrected chi connectivity index (χ3v) is 8.24. The van der Waals surface area contributed by atoms with Gasteiger partial charge in [0.25, 0.3) is 5.91 Å². The van der Waals surface area contributed by atoms with Crippen LogP contribution in [0.4, 0.5) is 10.1 Å². The predicted molar refractivity (Wildman–Crippen MR) is 150 cm³/mol. The number of anilines is 2. The molecule has 1 atom stereocenters. The summed E-state index contributed by atoms with van der Waals surface area (Å²) in [4.78, 5) is 50.7. The van der Waals surface area contributed by atoms with Crippen LogP contribution >= 0.6 is 34.4 Å². The molecule has 2 heterocycles. The van der Waals surface area contributed by atoms with Crippen LogP contribution in [0, 0.1) is 6.92 Å². The molecule has 1 aromatic carbocycles. The molecule has 0 radical (unpaired) electrons. The number of benzene rings is 1. The maximum Gasteiger partial charge on any atom is 0.348 e. The van der Waals surface area contributed by atoms with Crippen LogP contribution in [0.5, 0.6) is 5.75 Å². The van der Waals surface area contributed by atoms with Gasteiger partial charge < -0.3 is 19.5 Å². The molecule has 11 nitrogen and oxygen atoms in total. The van der Waals surface area contributed by atoms with E-state index in [-0.39, 0.29) is 39.7 Å². The van der Waals surface area contributed by atoms with Crippen molar-refractivity contribution in [3.05, 3.63) is 45.8 Å². The van der Waals surface area contributed by atoms with Crippen LogP contribution in [0.3, 0.4) is 0 Å². The molecule has 0 saturated carbocycles. The summed E-state index contributed by atoms with van der Waals surface area (Å²) < 4.78 is 16.0. The van der Waals surface area contributed by atoms with E-state index in [9.17, 15) is 19.2 Å². The molecule has 1 unspecified atom stereocenters. The first-order valence-corrected chi connectivity index (χ1v) is 14.5. The molecule has 0 spiro atoms. The molecule has 0 bridgehead atoms. The normalized spacial score (nSPS) is 11.4. The zero-order valence-corrected chi connectivity index (χ0v) is 24.4. The first-order chi connectivity index (χ1) is 18.7. The fraction of sp³-hybridized carbons (Fsp3) is 0.360. The lowest BCUT2D eigenvalue weighted by atomic mass is 10.1. The molecular formula is C25H28N4O7S3. The Bertz CT molecular complexity index is 1340. The van der Waals surface area contributed by atoms with E-state index in [2.05, 4.69) is 20.8 Å². The number of nitrogens with one attached hydrogen (secondary N) is 2. The number of hydrogen-bond acceptors (Lipinski definition) is 12. The Morgan fingerprint density at radius 2 is 1.59 bits per heavy atom. The summed E-state index contributed by atoms with van der Waals surface area (Å²) in [5.74, 6) is -1.33. The Kier molecular flexibility index (Phi) is 10.8. The Morgan fingerprint density at radius 3 is 2.23 bits per heavy atom. The van der Waals surface area contributed by atoms with Crippen molar-refractivity contribution in [2.24, 2.45) is 0 Å². The lowest BCUT2D eigenvalue weighted by molar-refractivity contribution is -0.115. The van der Waals surface area contributed by atoms with Crippen molar-refractivity contribution in [3.63, 3.8) is 0 Å². The van der Waals surface area contributed by atoms with Crippen LogP contribution < -0.4 is 15.4 Å². The van der Waals surface area contributed by atoms with Gasteiger partial charge in [-0.05, 0) is 64.4 Å². The van der Waals surface area contributed by atoms with Gasteiger partial charge in [-0.3, -0.25) is 14.9 Å². The molecular weight excluding hydrogens is 564 g/mol. The summed E-state index contributed by atoms with van der Waals surface area (Å²) in [6, 6.07) is 6.71. The molecule has 2 aromatic heterocycles. The average molecular weight is 593 g/mol. The molecule has 39 heavy (non-hydrogen) atoms. The molecule has 208 valence electrons. The van der Waals surface area contributed by atoms with E-state index < -0.39 is 23.1 Å². The van der Waals surface area contributed by atoms with Gasteiger partial charge >= 0.3 is 11.9 Å². The van der Waals surface area contributed by atoms with E-state index in [1.54, 1.807) is 52.0 Å². The van der Waals surface area contributed by atoms with Crippen molar-refractivity contribution in [3.8, 4) is 5.75 Å². The predicted octanol–water partition coefficient (Wildman–Crippen LogP) is 5.03. The van der Waals surface area contributed by atoms with Gasteiger partial charge in [0.1, 0.15) is 15.6 Å². The van der Waals surface area contributed by atoms with Gasteiger partial charge in [0, 0.05) is 5.56 Å². The second-order valence-corrected chi connectivity index (χ2v) is 11.3. The minimum Gasteiger partial charge on any atom is -0.494 e. The standard InChI is InChI=1S/C25H28N4O7S3/c1-6-34-16-11-9-15(10-12-16)20(31)27-24-28-29-25(39-24)37-14(5)19(30)26-21-17(22(32)35-7-2)13(4)18(38-21)23(33)36-8-3/h9-12,14H,6-8H2,1-5H3,(H,26,30)(H,27,28,31). The van der Waals surface area contributed by atoms with Crippen molar-refractivity contribution < 1.29 is 33.4 Å². The molecule has 14 heteroatoms. The van der Waals surface area contributed by atoms with Gasteiger partial charge in [0.2, 0.25) is 11.0 Å². The molecule has 2 N–H and O–H groups in total. The van der Waals surface area contributed by atoms with Crippen LogP contribution in [0.1, 0.15) is 63.6 Å². The van der Waals surface area contributed by atoms with Gasteiger partial charge in [-0.25, -0.2) is 9.59 Å². The number of rotatable bonds is 12. The minimum atomic E-state index is -0.644. The molecule has 0 fully saturated rings. The lowest BCUT2D eigenvalue weighted by Crippen LogP contribution is -2.23. The smallest absolute Gasteiger partial charge is 0.348 e.